The molecule has 0 unspecified atom stereocenters. The molecular weight excluding hydrogens is 1140 g/mol. The van der Waals surface area contributed by atoms with Crippen LogP contribution in [0.1, 0.15) is 127 Å². The fourth-order valence-electron chi connectivity index (χ4n) is 10.4. The van der Waals surface area contributed by atoms with Gasteiger partial charge < -0.3 is 83.7 Å². The zero-order valence-corrected chi connectivity index (χ0v) is 50.1. The van der Waals surface area contributed by atoms with Crippen LogP contribution in [0.5, 0.6) is 0 Å². The number of thioether (sulfide) groups is 2. The highest BCUT2D eigenvalue weighted by Gasteiger charge is 2.41. The monoisotopic (exact) mass is 1220 g/mol. The van der Waals surface area contributed by atoms with Crippen LogP contribution in [0, 0.1) is 13.8 Å². The van der Waals surface area contributed by atoms with Crippen molar-refractivity contribution in [1.29, 1.82) is 0 Å². The van der Waals surface area contributed by atoms with E-state index in [0.29, 0.717) is 72.1 Å². The summed E-state index contributed by atoms with van der Waals surface area (Å²) >= 11 is 3.68. The molecule has 26 nitrogen and oxygen atoms in total. The lowest BCUT2D eigenvalue weighted by molar-refractivity contribution is -0.142. The number of unbranched alkanes of at least 4 members (excludes halogenated alkanes) is 4. The van der Waals surface area contributed by atoms with Crippen molar-refractivity contribution in [3.63, 3.8) is 0 Å². The van der Waals surface area contributed by atoms with Gasteiger partial charge in [-0.3, -0.25) is 19.2 Å². The van der Waals surface area contributed by atoms with E-state index < -0.39 is 48.0 Å². The molecule has 15 N–H and O–H groups in total. The maximum absolute atomic E-state index is 14.0. The second-order valence-electron chi connectivity index (χ2n) is 21.4. The Morgan fingerprint density at radius 1 is 0.635 bits per heavy atom. The van der Waals surface area contributed by atoms with E-state index in [1.165, 1.54) is 6.07 Å². The fraction of sp³-hybridized carbons (Fsp3) is 0.614. The van der Waals surface area contributed by atoms with Crippen molar-refractivity contribution in [2.45, 2.75) is 157 Å². The molecule has 0 bridgehead atoms. The van der Waals surface area contributed by atoms with Gasteiger partial charge in [0, 0.05) is 77.8 Å². The van der Waals surface area contributed by atoms with Crippen LogP contribution in [0.3, 0.4) is 0 Å². The lowest BCUT2D eigenvalue weighted by Crippen LogP contribution is -2.40. The highest BCUT2D eigenvalue weighted by molar-refractivity contribution is 8.00. The lowest BCUT2D eigenvalue weighted by atomic mass is 9.94. The van der Waals surface area contributed by atoms with E-state index in [0.717, 1.165) is 42.8 Å². The molecule has 4 aliphatic heterocycles. The largest absolute Gasteiger partial charge is 0.480 e. The third-order valence-electron chi connectivity index (χ3n) is 15.0. The summed E-state index contributed by atoms with van der Waals surface area (Å²) in [4.78, 5) is 112. The molecule has 6 rings (SSSR count). The fourth-order valence-corrected chi connectivity index (χ4v) is 13.5. The molecule has 4 aliphatic rings. The minimum absolute atomic E-state index is 0.0991. The molecule has 468 valence electrons. The van der Waals surface area contributed by atoms with Crippen LogP contribution in [0.25, 0.3) is 0 Å². The van der Waals surface area contributed by atoms with E-state index in [4.69, 9.17) is 25.7 Å². The standard InChI is InChI=1S/C57H85N13O13S2/c1-34-37(50(73)60-22-12-10-16-38(52(75)76)64-45(71)20-8-6-18-43-48-41(32-84-43)66-54(58)69-48)30-40(68-56(79)62-24-26-81-28-29-82-27-25-63-57(80)83-31-36-14-4-3-5-15-36)35(2)47(34)51(74)61-23-13-11-17-39(53(77)78)65-46(72)21-9-7-19-44-49-42(33-85-44)67-55(59)70-49/h3-5,14-15,30,38-39,41-44,48-49H,6-13,16-29,31-33H2,1-2H3,(H,60,73)(H,61,74)(H,63,80)(H,64,71)(H,65,72)(H,75,76)(H,77,78)(H3,58,66,69)(H3,59,67,70)(H2,62,68,79)/t38-,39-,41-,42-,43-,44-,48-,49-/m0/s1. The predicted octanol–water partition coefficient (Wildman–Crippen LogP) is 2.99. The van der Waals surface area contributed by atoms with E-state index in [2.05, 4.69) is 57.8 Å². The zero-order valence-electron chi connectivity index (χ0n) is 48.5. The van der Waals surface area contributed by atoms with E-state index >= 15 is 0 Å². The number of carbonyl (C=O) groups excluding carboxylic acids is 6. The number of aliphatic carboxylic acids is 2. The first kappa shape index (κ1) is 67.1. The normalized spacial score (nSPS) is 19.8. The number of ether oxygens (including phenoxy) is 3. The molecule has 0 radical (unpaired) electrons. The first-order chi connectivity index (χ1) is 41.0. The number of carboxylic acid groups (broad SMARTS) is 2. The van der Waals surface area contributed by atoms with E-state index in [1.54, 1.807) is 13.8 Å². The Labute approximate surface area is 504 Å². The number of benzene rings is 2. The molecule has 4 heterocycles. The summed E-state index contributed by atoms with van der Waals surface area (Å²) in [7, 11) is 0. The molecule has 7 amide bonds. The number of nitrogens with zero attached hydrogens (tertiary/aromatic N) is 2. The molecule has 0 saturated carbocycles. The van der Waals surface area contributed by atoms with Crippen molar-refractivity contribution < 1.29 is 62.8 Å². The van der Waals surface area contributed by atoms with Gasteiger partial charge in [0.15, 0.2) is 11.9 Å². The van der Waals surface area contributed by atoms with Gasteiger partial charge in [-0.25, -0.2) is 29.2 Å². The van der Waals surface area contributed by atoms with Crippen LogP contribution >= 0.6 is 23.5 Å². The first-order valence-electron chi connectivity index (χ1n) is 29.3. The molecule has 28 heteroatoms. The summed E-state index contributed by atoms with van der Waals surface area (Å²) in [5.41, 5.74) is 13.7. The summed E-state index contributed by atoms with van der Waals surface area (Å²) in [6.45, 7) is 4.80. The number of aliphatic imine (C=N–C) groups is 2. The number of amides is 7. The number of nitrogens with one attached hydrogen (secondary N) is 9. The minimum atomic E-state index is -1.16. The van der Waals surface area contributed by atoms with E-state index in [1.807, 2.05) is 53.9 Å². The third-order valence-corrected chi connectivity index (χ3v) is 18.0. The second-order valence-corrected chi connectivity index (χ2v) is 23.9. The molecule has 2 saturated heterocycles. The van der Waals surface area contributed by atoms with Gasteiger partial charge in [0.05, 0.1) is 50.6 Å². The maximum atomic E-state index is 14.0. The van der Waals surface area contributed by atoms with Crippen LogP contribution in [-0.2, 0) is 40.0 Å². The second kappa shape index (κ2) is 35.4. The Morgan fingerprint density at radius 3 is 1.68 bits per heavy atom. The van der Waals surface area contributed by atoms with Gasteiger partial charge in [-0.1, -0.05) is 43.2 Å². The van der Waals surface area contributed by atoms with Crippen molar-refractivity contribution in [3.05, 3.63) is 64.2 Å². The van der Waals surface area contributed by atoms with Crippen molar-refractivity contribution in [1.82, 2.24) is 42.5 Å². The molecule has 0 spiro atoms. The Kier molecular flexibility index (Phi) is 28.0. The summed E-state index contributed by atoms with van der Waals surface area (Å²) < 4.78 is 16.2. The summed E-state index contributed by atoms with van der Waals surface area (Å²) in [5, 5.41) is 45.8. The molecule has 8 atom stereocenters. The number of guanidine groups is 2. The van der Waals surface area contributed by atoms with E-state index in [9.17, 15) is 48.6 Å². The van der Waals surface area contributed by atoms with Gasteiger partial charge in [0.25, 0.3) is 11.8 Å². The SMILES string of the molecule is Cc1c(NC(=O)NCCOCCOCCNC(=O)OCc2ccccc2)cc(C(=O)NCCCC[C@H](NC(=O)CCCC[C@@H]2SC[C@@H]3NC(N)=N[C@@H]32)C(=O)O)c(C)c1C(=O)NCCCC[C@H](NC(=O)CCCC[C@@H]1SC[C@@H]2NC(N)=N[C@@H]21)C(=O)O. The number of rotatable bonds is 38. The smallest absolute Gasteiger partial charge is 0.407 e. The van der Waals surface area contributed by atoms with Crippen LogP contribution in [0.4, 0.5) is 15.3 Å². The summed E-state index contributed by atoms with van der Waals surface area (Å²) in [5.74, 6) is -1.32. The molecule has 2 fully saturated rings. The van der Waals surface area contributed by atoms with Crippen molar-refractivity contribution in [2.24, 2.45) is 21.5 Å². The van der Waals surface area contributed by atoms with Gasteiger partial charge in [-0.15, -0.1) is 0 Å². The van der Waals surface area contributed by atoms with E-state index in [-0.39, 0.29) is 138 Å². The number of nitrogens with two attached hydrogens (primary N) is 2. The topological polar surface area (TPSA) is 390 Å². The average Bonchev–Trinajstić information content (AvgIpc) is 4.17. The number of urea groups is 1. The third kappa shape index (κ3) is 22.4. The Morgan fingerprint density at radius 2 is 1.15 bits per heavy atom. The number of carbonyl (C=O) groups is 8. The van der Waals surface area contributed by atoms with Gasteiger partial charge in [-0.2, -0.15) is 23.5 Å². The number of carboxylic acids is 2. The Hall–Kier alpha value is -7.04. The van der Waals surface area contributed by atoms with Crippen LogP contribution in [0.15, 0.2) is 46.4 Å². The van der Waals surface area contributed by atoms with Crippen LogP contribution in [0.2, 0.25) is 0 Å². The molecular formula is C57H85N13O13S2. The summed E-state index contributed by atoms with van der Waals surface area (Å²) in [6.07, 6.45) is 6.08. The molecule has 2 aromatic carbocycles. The van der Waals surface area contributed by atoms with Gasteiger partial charge >= 0.3 is 24.1 Å². The Balaban J connectivity index is 0.937. The Bertz CT molecular complexity index is 2650. The molecule has 85 heavy (non-hydrogen) atoms. The zero-order chi connectivity index (χ0) is 61.1. The molecule has 0 aliphatic carbocycles. The number of anilines is 1. The predicted molar refractivity (Wildman–Crippen MR) is 325 cm³/mol. The minimum Gasteiger partial charge on any atom is -0.480 e. The molecule has 0 aromatic heterocycles. The highest BCUT2D eigenvalue weighted by Crippen LogP contribution is 2.36. The van der Waals surface area contributed by atoms with Crippen LogP contribution in [-0.4, -0.2) is 181 Å². The lowest BCUT2D eigenvalue weighted by Gasteiger charge is -2.19. The van der Waals surface area contributed by atoms with Crippen molar-refractivity contribution in [2.75, 3.05) is 69.4 Å². The number of hydrogen-bond acceptors (Lipinski definition) is 19. The first-order valence-corrected chi connectivity index (χ1v) is 31.4. The molecule has 2 aromatic rings. The van der Waals surface area contributed by atoms with Gasteiger partial charge in [-0.05, 0) is 101 Å². The quantitative estimate of drug-likeness (QED) is 0.0430. The maximum Gasteiger partial charge on any atom is 0.407 e. The number of hydrogen-bond donors (Lipinski definition) is 13. The van der Waals surface area contributed by atoms with Crippen LogP contribution < -0.4 is 59.3 Å². The van der Waals surface area contributed by atoms with Crippen molar-refractivity contribution in [3.8, 4) is 0 Å². The number of alkyl carbamates (subject to hydrolysis) is 1. The van der Waals surface area contributed by atoms with Gasteiger partial charge in [0.2, 0.25) is 11.8 Å². The average molecular weight is 1220 g/mol. The summed E-state index contributed by atoms with van der Waals surface area (Å²) in [6, 6.07) is 8.66. The van der Waals surface area contributed by atoms with Gasteiger partial charge in [0.1, 0.15) is 18.7 Å². The number of fused-ring (bicyclic) bond motifs is 2. The highest BCUT2D eigenvalue weighted by atomic mass is 32.2. The van der Waals surface area contributed by atoms with Crippen molar-refractivity contribution >= 4 is 88.8 Å².